The molecule has 0 spiro atoms. The minimum atomic E-state index is 0.534. The van der Waals surface area contributed by atoms with Crippen molar-refractivity contribution in [1.29, 1.82) is 0 Å². The molecule has 0 aliphatic heterocycles. The van der Waals surface area contributed by atoms with Gasteiger partial charge in [-0.2, -0.15) is 0 Å². The minimum absolute atomic E-state index is 0.534. The lowest BCUT2D eigenvalue weighted by Crippen LogP contribution is -2.22. The number of fused-ring (bicyclic) bond motifs is 2. The summed E-state index contributed by atoms with van der Waals surface area (Å²) in [6, 6.07) is 0. The lowest BCUT2D eigenvalue weighted by atomic mass is 9.98. The third-order valence-electron chi connectivity index (χ3n) is 3.32. The van der Waals surface area contributed by atoms with Gasteiger partial charge >= 0.3 is 0 Å². The second-order valence-electron chi connectivity index (χ2n) is 4.12. The largest absolute Gasteiger partial charge is 0.499 e. The van der Waals surface area contributed by atoms with E-state index in [0.29, 0.717) is 12.7 Å². The predicted octanol–water partition coefficient (Wildman–Crippen LogP) is 2.35. The van der Waals surface area contributed by atoms with E-state index in [9.17, 15) is 0 Å². The Kier molecular flexibility index (Phi) is 2.89. The molecule has 0 aromatic carbocycles. The molecule has 2 bridgehead atoms. The molecule has 0 N–H and O–H groups in total. The van der Waals surface area contributed by atoms with Crippen LogP contribution in [-0.4, -0.2) is 19.3 Å². The third kappa shape index (κ3) is 2.05. The van der Waals surface area contributed by atoms with Gasteiger partial charge in [0, 0.05) is 0 Å². The van der Waals surface area contributed by atoms with E-state index in [2.05, 4.69) is 6.58 Å². The van der Waals surface area contributed by atoms with Crippen molar-refractivity contribution in [3.05, 3.63) is 12.8 Å². The number of ether oxygens (including phenoxy) is 2. The highest BCUT2D eigenvalue weighted by Gasteiger charge is 2.39. The summed E-state index contributed by atoms with van der Waals surface area (Å²) in [4.78, 5) is 0. The summed E-state index contributed by atoms with van der Waals surface area (Å²) < 4.78 is 10.8. The topological polar surface area (TPSA) is 18.5 Å². The molecule has 3 unspecified atom stereocenters. The van der Waals surface area contributed by atoms with Crippen LogP contribution in [0.2, 0.25) is 0 Å². The van der Waals surface area contributed by atoms with Gasteiger partial charge in [-0.15, -0.1) is 0 Å². The standard InChI is InChI=1S/C11H18O2/c1-2-12-5-6-13-11-8-9-3-4-10(11)7-9/h2,9-11H,1,3-8H2. The highest BCUT2D eigenvalue weighted by molar-refractivity contribution is 4.90. The van der Waals surface area contributed by atoms with Crippen molar-refractivity contribution in [3.8, 4) is 0 Å². The maximum atomic E-state index is 5.77. The van der Waals surface area contributed by atoms with Crippen molar-refractivity contribution in [2.24, 2.45) is 11.8 Å². The smallest absolute Gasteiger partial charge is 0.111 e. The highest BCUT2D eigenvalue weighted by atomic mass is 16.5. The fourth-order valence-corrected chi connectivity index (χ4v) is 2.72. The zero-order chi connectivity index (χ0) is 9.10. The van der Waals surface area contributed by atoms with Gasteiger partial charge < -0.3 is 9.47 Å². The molecule has 3 atom stereocenters. The minimum Gasteiger partial charge on any atom is -0.499 e. The summed E-state index contributed by atoms with van der Waals surface area (Å²) in [5.41, 5.74) is 0. The van der Waals surface area contributed by atoms with E-state index in [0.717, 1.165) is 18.4 Å². The predicted molar refractivity (Wildman–Crippen MR) is 51.3 cm³/mol. The Hall–Kier alpha value is -0.500. The van der Waals surface area contributed by atoms with E-state index in [-0.39, 0.29) is 0 Å². The summed E-state index contributed by atoms with van der Waals surface area (Å²) in [7, 11) is 0. The molecule has 0 radical (unpaired) electrons. The molecule has 2 aliphatic rings. The van der Waals surface area contributed by atoms with Crippen molar-refractivity contribution >= 4 is 0 Å². The average molecular weight is 182 g/mol. The first-order valence-electron chi connectivity index (χ1n) is 5.24. The number of hydrogen-bond acceptors (Lipinski definition) is 2. The molecule has 0 amide bonds. The quantitative estimate of drug-likeness (QED) is 0.480. The maximum absolute atomic E-state index is 5.77. The zero-order valence-corrected chi connectivity index (χ0v) is 8.08. The summed E-state index contributed by atoms with van der Waals surface area (Å²) >= 11 is 0. The van der Waals surface area contributed by atoms with Crippen molar-refractivity contribution in [3.63, 3.8) is 0 Å². The molecular weight excluding hydrogens is 164 g/mol. The highest BCUT2D eigenvalue weighted by Crippen LogP contribution is 2.45. The van der Waals surface area contributed by atoms with Crippen LogP contribution in [0.15, 0.2) is 12.8 Å². The van der Waals surface area contributed by atoms with Crippen LogP contribution in [0.25, 0.3) is 0 Å². The maximum Gasteiger partial charge on any atom is 0.111 e. The second kappa shape index (κ2) is 4.14. The lowest BCUT2D eigenvalue weighted by molar-refractivity contribution is -0.00380. The first-order valence-corrected chi connectivity index (χ1v) is 5.24. The Morgan fingerprint density at radius 1 is 1.23 bits per heavy atom. The molecule has 2 heteroatoms. The Morgan fingerprint density at radius 2 is 2.15 bits per heavy atom. The monoisotopic (exact) mass is 182 g/mol. The molecule has 0 heterocycles. The molecule has 2 fully saturated rings. The average Bonchev–Trinajstić information content (AvgIpc) is 2.73. The van der Waals surface area contributed by atoms with Gasteiger partial charge in [0.2, 0.25) is 0 Å². The zero-order valence-electron chi connectivity index (χ0n) is 8.08. The molecule has 0 aromatic rings. The first kappa shape index (κ1) is 9.07. The fourth-order valence-electron chi connectivity index (χ4n) is 2.72. The van der Waals surface area contributed by atoms with Gasteiger partial charge in [0.05, 0.1) is 19.0 Å². The molecular formula is C11H18O2. The first-order chi connectivity index (χ1) is 6.40. The van der Waals surface area contributed by atoms with Crippen LogP contribution in [0.1, 0.15) is 25.7 Å². The Balaban J connectivity index is 1.63. The molecule has 2 rings (SSSR count). The lowest BCUT2D eigenvalue weighted by Gasteiger charge is -2.21. The molecule has 2 nitrogen and oxygen atoms in total. The van der Waals surface area contributed by atoms with Crippen LogP contribution in [0.5, 0.6) is 0 Å². The Morgan fingerprint density at radius 3 is 2.77 bits per heavy atom. The SMILES string of the molecule is C=COCCOC1CC2CCC1C2. The van der Waals surface area contributed by atoms with E-state index < -0.39 is 0 Å². The van der Waals surface area contributed by atoms with Crippen LogP contribution in [0.4, 0.5) is 0 Å². The molecule has 74 valence electrons. The van der Waals surface area contributed by atoms with Crippen molar-refractivity contribution in [2.45, 2.75) is 31.8 Å². The van der Waals surface area contributed by atoms with Gasteiger partial charge in [-0.25, -0.2) is 0 Å². The number of hydrogen-bond donors (Lipinski definition) is 0. The fraction of sp³-hybridized carbons (Fsp3) is 0.818. The van der Waals surface area contributed by atoms with Crippen molar-refractivity contribution < 1.29 is 9.47 Å². The summed E-state index contributed by atoms with van der Waals surface area (Å²) in [5.74, 6) is 1.82. The van der Waals surface area contributed by atoms with Crippen molar-refractivity contribution in [1.82, 2.24) is 0 Å². The summed E-state index contributed by atoms with van der Waals surface area (Å²) in [6.45, 7) is 4.86. The molecule has 2 aliphatic carbocycles. The summed E-state index contributed by atoms with van der Waals surface area (Å²) in [6.07, 6.45) is 7.54. The second-order valence-corrected chi connectivity index (χ2v) is 4.12. The molecule has 0 saturated heterocycles. The van der Waals surface area contributed by atoms with Crippen LogP contribution in [-0.2, 0) is 9.47 Å². The van der Waals surface area contributed by atoms with E-state index in [1.165, 1.54) is 31.9 Å². The van der Waals surface area contributed by atoms with Gasteiger partial charge in [-0.1, -0.05) is 6.58 Å². The van der Waals surface area contributed by atoms with Gasteiger partial charge in [-0.3, -0.25) is 0 Å². The molecule has 0 aromatic heterocycles. The summed E-state index contributed by atoms with van der Waals surface area (Å²) in [5, 5.41) is 0. The van der Waals surface area contributed by atoms with E-state index in [4.69, 9.17) is 9.47 Å². The van der Waals surface area contributed by atoms with Gasteiger partial charge in [-0.05, 0) is 37.5 Å². The normalized spacial score (nSPS) is 36.5. The van der Waals surface area contributed by atoms with Crippen LogP contribution < -0.4 is 0 Å². The Labute approximate surface area is 79.9 Å². The van der Waals surface area contributed by atoms with Crippen molar-refractivity contribution in [2.75, 3.05) is 13.2 Å². The van der Waals surface area contributed by atoms with Gasteiger partial charge in [0.1, 0.15) is 6.61 Å². The third-order valence-corrected chi connectivity index (χ3v) is 3.32. The van der Waals surface area contributed by atoms with Crippen LogP contribution >= 0.6 is 0 Å². The molecule has 2 saturated carbocycles. The van der Waals surface area contributed by atoms with Gasteiger partial charge in [0.25, 0.3) is 0 Å². The van der Waals surface area contributed by atoms with E-state index in [1.54, 1.807) is 0 Å². The van der Waals surface area contributed by atoms with Crippen LogP contribution in [0, 0.1) is 11.8 Å². The molecule has 13 heavy (non-hydrogen) atoms. The van der Waals surface area contributed by atoms with Gasteiger partial charge in [0.15, 0.2) is 0 Å². The number of rotatable bonds is 5. The van der Waals surface area contributed by atoms with E-state index in [1.807, 2.05) is 0 Å². The van der Waals surface area contributed by atoms with E-state index >= 15 is 0 Å². The van der Waals surface area contributed by atoms with Crippen LogP contribution in [0.3, 0.4) is 0 Å². The Bertz CT molecular complexity index is 179.